The van der Waals surface area contributed by atoms with E-state index in [0.717, 1.165) is 25.8 Å². The van der Waals surface area contributed by atoms with Crippen LogP contribution in [0, 0.1) is 5.92 Å². The SMILES string of the molecule is O=S(=O)(c1cc(Cl)c(Br)s1)N1CCCC(C2CCCN2)C1. The van der Waals surface area contributed by atoms with E-state index in [-0.39, 0.29) is 0 Å². The van der Waals surface area contributed by atoms with Gasteiger partial charge in [-0.2, -0.15) is 4.31 Å². The van der Waals surface area contributed by atoms with Crippen LogP contribution in [0.15, 0.2) is 14.1 Å². The molecule has 0 radical (unpaired) electrons. The van der Waals surface area contributed by atoms with Gasteiger partial charge in [-0.3, -0.25) is 0 Å². The van der Waals surface area contributed by atoms with Gasteiger partial charge in [0.15, 0.2) is 0 Å². The Balaban J connectivity index is 1.78. The fourth-order valence-corrected chi connectivity index (χ4v) is 7.30. The summed E-state index contributed by atoms with van der Waals surface area (Å²) in [6.07, 6.45) is 4.40. The van der Waals surface area contributed by atoms with Gasteiger partial charge in [0.1, 0.15) is 4.21 Å². The van der Waals surface area contributed by atoms with Gasteiger partial charge in [0.25, 0.3) is 10.0 Å². The molecule has 2 aliphatic heterocycles. The third kappa shape index (κ3) is 3.33. The summed E-state index contributed by atoms with van der Waals surface area (Å²) in [5.41, 5.74) is 0. The summed E-state index contributed by atoms with van der Waals surface area (Å²) in [5, 5.41) is 3.97. The second kappa shape index (κ2) is 6.45. The molecule has 3 heterocycles. The number of hydrogen-bond donors (Lipinski definition) is 1. The third-order valence-corrected chi connectivity index (χ3v) is 9.09. The van der Waals surface area contributed by atoms with Crippen molar-refractivity contribution in [2.45, 2.75) is 35.9 Å². The van der Waals surface area contributed by atoms with Crippen LogP contribution in [0.1, 0.15) is 25.7 Å². The van der Waals surface area contributed by atoms with Gasteiger partial charge < -0.3 is 5.32 Å². The minimum atomic E-state index is -3.42. The normalized spacial score (nSPS) is 28.1. The lowest BCUT2D eigenvalue weighted by atomic mass is 9.91. The van der Waals surface area contributed by atoms with Gasteiger partial charge in [-0.15, -0.1) is 11.3 Å². The fraction of sp³-hybridized carbons (Fsp3) is 0.692. The predicted octanol–water partition coefficient (Wildman–Crippen LogP) is 3.32. The van der Waals surface area contributed by atoms with Crippen LogP contribution in [0.3, 0.4) is 0 Å². The predicted molar refractivity (Wildman–Crippen MR) is 89.5 cm³/mol. The quantitative estimate of drug-likeness (QED) is 0.827. The number of sulfonamides is 1. The number of thiophene rings is 1. The standard InChI is InChI=1S/C13H18BrClN2O2S2/c14-13-10(15)7-12(20-13)21(18,19)17-6-2-3-9(8-17)11-4-1-5-16-11/h7,9,11,16H,1-6,8H2. The van der Waals surface area contributed by atoms with E-state index in [2.05, 4.69) is 21.2 Å². The van der Waals surface area contributed by atoms with Crippen molar-refractivity contribution in [1.29, 1.82) is 0 Å². The van der Waals surface area contributed by atoms with E-state index in [1.165, 1.54) is 17.8 Å². The minimum absolute atomic E-state index is 0.333. The lowest BCUT2D eigenvalue weighted by Crippen LogP contribution is -2.45. The average Bonchev–Trinajstić information content (AvgIpc) is 3.10. The summed E-state index contributed by atoms with van der Waals surface area (Å²) < 4.78 is 28.1. The zero-order valence-corrected chi connectivity index (χ0v) is 15.5. The van der Waals surface area contributed by atoms with Gasteiger partial charge in [0, 0.05) is 19.1 Å². The van der Waals surface area contributed by atoms with Gasteiger partial charge in [0.05, 0.1) is 8.81 Å². The Morgan fingerprint density at radius 2 is 2.19 bits per heavy atom. The molecule has 0 aromatic carbocycles. The number of rotatable bonds is 3. The Kier molecular flexibility index (Phi) is 4.98. The fourth-order valence-electron chi connectivity index (χ4n) is 3.22. The van der Waals surface area contributed by atoms with Crippen LogP contribution in [0.2, 0.25) is 5.02 Å². The smallest absolute Gasteiger partial charge is 0.252 e. The highest BCUT2D eigenvalue weighted by atomic mass is 79.9. The molecule has 2 aliphatic rings. The van der Waals surface area contributed by atoms with E-state index in [4.69, 9.17) is 11.6 Å². The zero-order chi connectivity index (χ0) is 15.0. The van der Waals surface area contributed by atoms with Crippen LogP contribution < -0.4 is 5.32 Å². The van der Waals surface area contributed by atoms with E-state index in [0.29, 0.717) is 38.1 Å². The topological polar surface area (TPSA) is 49.4 Å². The number of nitrogens with zero attached hydrogens (tertiary/aromatic N) is 1. The Morgan fingerprint density at radius 1 is 1.38 bits per heavy atom. The van der Waals surface area contributed by atoms with Crippen LogP contribution in [0.25, 0.3) is 0 Å². The van der Waals surface area contributed by atoms with Crippen LogP contribution in [-0.4, -0.2) is 38.4 Å². The van der Waals surface area contributed by atoms with Gasteiger partial charge in [0.2, 0.25) is 0 Å². The Hall–Kier alpha value is 0.340. The van der Waals surface area contributed by atoms with Crippen molar-refractivity contribution >= 4 is 48.9 Å². The second-order valence-electron chi connectivity index (χ2n) is 5.66. The molecule has 0 amide bonds. The molecular weight excluding hydrogens is 396 g/mol. The van der Waals surface area contributed by atoms with Crippen LogP contribution >= 0.6 is 38.9 Å². The average molecular weight is 414 g/mol. The monoisotopic (exact) mass is 412 g/mol. The van der Waals surface area contributed by atoms with Gasteiger partial charge in [-0.25, -0.2) is 8.42 Å². The largest absolute Gasteiger partial charge is 0.314 e. The first-order chi connectivity index (χ1) is 9.98. The molecule has 1 aromatic heterocycles. The van der Waals surface area contributed by atoms with Crippen molar-refractivity contribution in [3.63, 3.8) is 0 Å². The molecule has 1 N–H and O–H groups in total. The Morgan fingerprint density at radius 3 is 2.81 bits per heavy atom. The highest BCUT2D eigenvalue weighted by Gasteiger charge is 2.35. The number of hydrogen-bond acceptors (Lipinski definition) is 4. The van der Waals surface area contributed by atoms with E-state index in [1.54, 1.807) is 10.4 Å². The Bertz CT molecular complexity index is 594. The molecule has 3 rings (SSSR count). The summed E-state index contributed by atoms with van der Waals surface area (Å²) in [7, 11) is -3.42. The maximum Gasteiger partial charge on any atom is 0.252 e. The van der Waals surface area contributed by atoms with Gasteiger partial charge in [-0.05, 0) is 60.1 Å². The first kappa shape index (κ1) is 16.2. The molecule has 0 bridgehead atoms. The molecule has 2 fully saturated rings. The van der Waals surface area contributed by atoms with E-state index in [1.807, 2.05) is 0 Å². The Labute approximate surface area is 143 Å². The van der Waals surface area contributed by atoms with Gasteiger partial charge >= 0.3 is 0 Å². The molecule has 2 atom stereocenters. The summed E-state index contributed by atoms with van der Waals surface area (Å²) in [6, 6.07) is 2.02. The van der Waals surface area contributed by atoms with Crippen molar-refractivity contribution in [2.24, 2.45) is 5.92 Å². The molecule has 1 aromatic rings. The maximum atomic E-state index is 12.7. The van der Waals surface area contributed by atoms with Crippen molar-refractivity contribution < 1.29 is 8.42 Å². The van der Waals surface area contributed by atoms with E-state index in [9.17, 15) is 8.42 Å². The maximum absolute atomic E-state index is 12.7. The van der Waals surface area contributed by atoms with Crippen molar-refractivity contribution in [3.8, 4) is 0 Å². The number of halogens is 2. The van der Waals surface area contributed by atoms with Crippen molar-refractivity contribution in [1.82, 2.24) is 9.62 Å². The molecule has 2 unspecified atom stereocenters. The summed E-state index contributed by atoms with van der Waals surface area (Å²) in [4.78, 5) is 0. The van der Waals surface area contributed by atoms with Crippen LogP contribution in [-0.2, 0) is 10.0 Å². The summed E-state index contributed by atoms with van der Waals surface area (Å²) in [5.74, 6) is 0.426. The van der Waals surface area contributed by atoms with E-state index >= 15 is 0 Å². The first-order valence-electron chi connectivity index (χ1n) is 7.17. The molecule has 8 heteroatoms. The highest BCUT2D eigenvalue weighted by molar-refractivity contribution is 9.11. The van der Waals surface area contributed by atoms with E-state index < -0.39 is 10.0 Å². The summed E-state index contributed by atoms with van der Waals surface area (Å²) >= 11 is 10.5. The van der Waals surface area contributed by atoms with Gasteiger partial charge in [-0.1, -0.05) is 11.6 Å². The minimum Gasteiger partial charge on any atom is -0.314 e. The lowest BCUT2D eigenvalue weighted by Gasteiger charge is -2.34. The molecule has 2 saturated heterocycles. The lowest BCUT2D eigenvalue weighted by molar-refractivity contribution is 0.227. The second-order valence-corrected chi connectivity index (χ2v) is 10.6. The van der Waals surface area contributed by atoms with Crippen LogP contribution in [0.5, 0.6) is 0 Å². The van der Waals surface area contributed by atoms with Crippen LogP contribution in [0.4, 0.5) is 0 Å². The molecule has 0 aliphatic carbocycles. The number of piperidine rings is 1. The molecular formula is C13H18BrClN2O2S2. The van der Waals surface area contributed by atoms with Crippen molar-refractivity contribution in [2.75, 3.05) is 19.6 Å². The molecule has 0 saturated carbocycles. The molecule has 0 spiro atoms. The number of nitrogens with one attached hydrogen (secondary N) is 1. The summed E-state index contributed by atoms with van der Waals surface area (Å²) in [6.45, 7) is 2.28. The molecule has 21 heavy (non-hydrogen) atoms. The molecule has 4 nitrogen and oxygen atoms in total. The molecule has 118 valence electrons. The van der Waals surface area contributed by atoms with Crippen molar-refractivity contribution in [3.05, 3.63) is 14.9 Å². The third-order valence-electron chi connectivity index (χ3n) is 4.30. The first-order valence-corrected chi connectivity index (χ1v) is 10.6. The highest BCUT2D eigenvalue weighted by Crippen LogP contribution is 2.37. The zero-order valence-electron chi connectivity index (χ0n) is 11.5.